The van der Waals surface area contributed by atoms with Gasteiger partial charge in [0.1, 0.15) is 10.7 Å². The topological polar surface area (TPSA) is 78.5 Å². The highest BCUT2D eigenvalue weighted by Crippen LogP contribution is 2.31. The Morgan fingerprint density at radius 1 is 1.18 bits per heavy atom. The molecule has 0 spiro atoms. The number of methoxy groups -OCH3 is 1. The number of nitrogens with one attached hydrogen (secondary N) is 1. The summed E-state index contributed by atoms with van der Waals surface area (Å²) in [5, 5.41) is 13.8. The highest BCUT2D eigenvalue weighted by Gasteiger charge is 2.17. The molecule has 2 aromatic heterocycles. The Bertz CT molecular complexity index is 1240. The van der Waals surface area contributed by atoms with Crippen LogP contribution in [0.1, 0.15) is 11.4 Å². The fourth-order valence-corrected chi connectivity index (χ4v) is 4.92. The summed E-state index contributed by atoms with van der Waals surface area (Å²) in [6, 6.07) is 17.3. The Balaban J connectivity index is 1.53. The van der Waals surface area contributed by atoms with E-state index in [0.717, 1.165) is 16.7 Å². The minimum atomic E-state index is -0.544. The zero-order valence-electron chi connectivity index (χ0n) is 18.3. The average molecular weight is 484 g/mol. The second-order valence-electron chi connectivity index (χ2n) is 7.92. The number of aliphatic hydroxyl groups is 1. The van der Waals surface area contributed by atoms with Crippen LogP contribution in [0.5, 0.6) is 0 Å². The number of halogens is 1. The van der Waals surface area contributed by atoms with Crippen LogP contribution in [0.4, 0.5) is 0 Å². The Kier molecular flexibility index (Phi) is 7.90. The van der Waals surface area contributed by atoms with Crippen molar-refractivity contribution < 1.29 is 9.84 Å². The molecule has 0 unspecified atom stereocenters. The van der Waals surface area contributed by atoms with E-state index in [1.165, 1.54) is 11.3 Å². The molecule has 172 valence electrons. The van der Waals surface area contributed by atoms with Crippen LogP contribution in [-0.4, -0.2) is 52.9 Å². The number of ether oxygens (including phenoxy) is 1. The highest BCUT2D eigenvalue weighted by molar-refractivity contribution is 7.17. The molecule has 6 nitrogen and oxygen atoms in total. The molecule has 2 heterocycles. The van der Waals surface area contributed by atoms with Crippen LogP contribution in [0.3, 0.4) is 0 Å². The summed E-state index contributed by atoms with van der Waals surface area (Å²) < 4.78 is 5.24. The van der Waals surface area contributed by atoms with E-state index >= 15 is 0 Å². The first-order valence-electron chi connectivity index (χ1n) is 10.7. The van der Waals surface area contributed by atoms with Crippen molar-refractivity contribution in [2.45, 2.75) is 19.1 Å². The minimum Gasteiger partial charge on any atom is -0.391 e. The molecule has 0 aliphatic carbocycles. The van der Waals surface area contributed by atoms with Crippen molar-refractivity contribution in [3.8, 4) is 11.1 Å². The molecular weight excluding hydrogens is 458 g/mol. The van der Waals surface area contributed by atoms with Gasteiger partial charge in [-0.1, -0.05) is 54.1 Å². The van der Waals surface area contributed by atoms with Gasteiger partial charge in [0, 0.05) is 36.2 Å². The molecule has 0 saturated carbocycles. The van der Waals surface area contributed by atoms with E-state index in [-0.39, 0.29) is 5.56 Å². The molecule has 0 radical (unpaired) electrons. The van der Waals surface area contributed by atoms with E-state index in [1.807, 2.05) is 60.0 Å². The smallest absolute Gasteiger partial charge is 0.260 e. The number of aromatic nitrogens is 2. The van der Waals surface area contributed by atoms with Gasteiger partial charge in [-0.25, -0.2) is 4.98 Å². The second-order valence-corrected chi connectivity index (χ2v) is 9.22. The quantitative estimate of drug-likeness (QED) is 0.350. The number of nitrogens with zero attached hydrogens (tertiary/aromatic N) is 2. The molecule has 0 bridgehead atoms. The third-order valence-electron chi connectivity index (χ3n) is 5.42. The monoisotopic (exact) mass is 483 g/mol. The Labute approximate surface area is 201 Å². The van der Waals surface area contributed by atoms with E-state index in [1.54, 1.807) is 7.11 Å². The molecule has 0 amide bonds. The summed E-state index contributed by atoms with van der Waals surface area (Å²) in [6.07, 6.45) is 0.0147. The first kappa shape index (κ1) is 23.6. The molecule has 8 heteroatoms. The van der Waals surface area contributed by atoms with Gasteiger partial charge in [-0.2, -0.15) is 0 Å². The first-order valence-corrected chi connectivity index (χ1v) is 12.0. The molecule has 4 aromatic rings. The van der Waals surface area contributed by atoms with Gasteiger partial charge in [0.2, 0.25) is 0 Å². The third-order valence-corrected chi connectivity index (χ3v) is 6.54. The maximum atomic E-state index is 13.0. The molecular formula is C25H26ClN3O3S. The summed E-state index contributed by atoms with van der Waals surface area (Å²) in [5.41, 5.74) is 2.69. The van der Waals surface area contributed by atoms with Crippen molar-refractivity contribution >= 4 is 33.2 Å². The molecule has 2 aromatic carbocycles. The van der Waals surface area contributed by atoms with Crippen LogP contribution in [0, 0.1) is 0 Å². The van der Waals surface area contributed by atoms with Crippen LogP contribution in [-0.2, 0) is 17.7 Å². The largest absolute Gasteiger partial charge is 0.391 e. The Hall–Kier alpha value is -2.55. The predicted octanol–water partition coefficient (Wildman–Crippen LogP) is 4.36. The molecule has 0 aliphatic rings. The summed E-state index contributed by atoms with van der Waals surface area (Å²) in [5.74, 6) is 0.569. The van der Waals surface area contributed by atoms with Crippen molar-refractivity contribution in [2.75, 3.05) is 26.8 Å². The van der Waals surface area contributed by atoms with Gasteiger partial charge in [0.15, 0.2) is 0 Å². The molecule has 33 heavy (non-hydrogen) atoms. The van der Waals surface area contributed by atoms with Crippen LogP contribution in [0.15, 0.2) is 64.8 Å². The van der Waals surface area contributed by atoms with E-state index in [2.05, 4.69) is 9.88 Å². The van der Waals surface area contributed by atoms with Gasteiger partial charge in [-0.05, 0) is 29.7 Å². The minimum absolute atomic E-state index is 0.169. The Morgan fingerprint density at radius 3 is 2.67 bits per heavy atom. The second kappa shape index (κ2) is 11.0. The van der Waals surface area contributed by atoms with Gasteiger partial charge in [0.25, 0.3) is 5.56 Å². The van der Waals surface area contributed by atoms with Gasteiger partial charge < -0.3 is 14.8 Å². The lowest BCUT2D eigenvalue weighted by molar-refractivity contribution is 0.0837. The maximum Gasteiger partial charge on any atom is 0.260 e. The maximum absolute atomic E-state index is 13.0. The fourth-order valence-electron chi connectivity index (χ4n) is 3.83. The van der Waals surface area contributed by atoms with Crippen molar-refractivity contribution in [1.29, 1.82) is 0 Å². The summed E-state index contributed by atoms with van der Waals surface area (Å²) >= 11 is 7.45. The van der Waals surface area contributed by atoms with Crippen LogP contribution < -0.4 is 5.56 Å². The lowest BCUT2D eigenvalue weighted by Gasteiger charge is -2.24. The first-order chi connectivity index (χ1) is 16.0. The molecule has 0 aliphatic heterocycles. The standard InChI is InChI=1S/C25H26ClN3O3S/c1-32-12-11-29(14-20(30)13-17-5-3-2-4-6-17)15-22-27-24(31)23-21(16-33-25(23)28-22)18-7-9-19(26)10-8-18/h2-10,16,20,30H,11-15H2,1H3,(H,27,28,31)/t20-/m1/s1. The normalized spacial score (nSPS) is 12.5. The van der Waals surface area contributed by atoms with E-state index in [0.29, 0.717) is 53.7 Å². The third kappa shape index (κ3) is 6.07. The van der Waals surface area contributed by atoms with E-state index in [9.17, 15) is 9.90 Å². The molecule has 2 N–H and O–H groups in total. The summed E-state index contributed by atoms with van der Waals surface area (Å²) in [7, 11) is 1.65. The lowest BCUT2D eigenvalue weighted by atomic mass is 10.1. The van der Waals surface area contributed by atoms with Gasteiger partial charge >= 0.3 is 0 Å². The lowest BCUT2D eigenvalue weighted by Crippen LogP contribution is -2.36. The predicted molar refractivity (Wildman–Crippen MR) is 134 cm³/mol. The number of hydrogen-bond acceptors (Lipinski definition) is 6. The van der Waals surface area contributed by atoms with Crippen molar-refractivity contribution in [3.63, 3.8) is 0 Å². The zero-order valence-corrected chi connectivity index (χ0v) is 19.9. The SMILES string of the molecule is COCCN(Cc1nc2scc(-c3ccc(Cl)cc3)c2c(=O)[nH]1)C[C@H](O)Cc1ccccc1. The zero-order chi connectivity index (χ0) is 23.2. The number of H-pyrrole nitrogens is 1. The molecule has 0 fully saturated rings. The number of aliphatic hydroxyl groups excluding tert-OH is 1. The number of fused-ring (bicyclic) bond motifs is 1. The van der Waals surface area contributed by atoms with Crippen molar-refractivity contribution in [2.24, 2.45) is 0 Å². The number of benzene rings is 2. The number of thiophene rings is 1. The van der Waals surface area contributed by atoms with Gasteiger partial charge in [0.05, 0.1) is 24.6 Å². The number of hydrogen-bond donors (Lipinski definition) is 2. The highest BCUT2D eigenvalue weighted by atomic mass is 35.5. The van der Waals surface area contributed by atoms with Crippen molar-refractivity contribution in [3.05, 3.63) is 86.7 Å². The molecule has 0 saturated heterocycles. The molecule has 4 rings (SSSR count). The average Bonchev–Trinajstić information content (AvgIpc) is 3.23. The summed E-state index contributed by atoms with van der Waals surface area (Å²) in [6.45, 7) is 1.99. The Morgan fingerprint density at radius 2 is 1.94 bits per heavy atom. The van der Waals surface area contributed by atoms with Crippen LogP contribution >= 0.6 is 22.9 Å². The summed E-state index contributed by atoms with van der Waals surface area (Å²) in [4.78, 5) is 23.4. The van der Waals surface area contributed by atoms with Crippen LogP contribution in [0.25, 0.3) is 21.3 Å². The van der Waals surface area contributed by atoms with Gasteiger partial charge in [-0.15, -0.1) is 11.3 Å². The fraction of sp³-hybridized carbons (Fsp3) is 0.280. The van der Waals surface area contributed by atoms with E-state index < -0.39 is 6.10 Å². The number of rotatable bonds is 10. The number of aromatic amines is 1. The van der Waals surface area contributed by atoms with Gasteiger partial charge in [-0.3, -0.25) is 9.69 Å². The van der Waals surface area contributed by atoms with Crippen LogP contribution in [0.2, 0.25) is 5.02 Å². The molecule has 1 atom stereocenters. The van der Waals surface area contributed by atoms with Crippen molar-refractivity contribution in [1.82, 2.24) is 14.9 Å². The van der Waals surface area contributed by atoms with E-state index in [4.69, 9.17) is 21.3 Å².